The number of benzene rings is 3. The van der Waals surface area contributed by atoms with E-state index in [9.17, 15) is 13.2 Å². The maximum absolute atomic E-state index is 12.4. The second-order valence-corrected chi connectivity index (χ2v) is 9.34. The van der Waals surface area contributed by atoms with E-state index in [-0.39, 0.29) is 18.9 Å². The number of amides is 1. The lowest BCUT2D eigenvalue weighted by atomic mass is 10.1. The molecule has 0 bridgehead atoms. The van der Waals surface area contributed by atoms with Gasteiger partial charge >= 0.3 is 0 Å². The Hall–Kier alpha value is -3.26. The maximum Gasteiger partial charge on any atom is 0.232 e. The molecular weight excluding hydrogens is 428 g/mol. The zero-order valence-corrected chi connectivity index (χ0v) is 19.3. The zero-order chi connectivity index (χ0) is 23.1. The Kier molecular flexibility index (Phi) is 7.58. The van der Waals surface area contributed by atoms with Crippen LogP contribution in [0.2, 0.25) is 0 Å². The fourth-order valence-electron chi connectivity index (χ4n) is 3.48. The van der Waals surface area contributed by atoms with Gasteiger partial charge in [-0.15, -0.1) is 0 Å². The van der Waals surface area contributed by atoms with Gasteiger partial charge in [-0.2, -0.15) is 0 Å². The summed E-state index contributed by atoms with van der Waals surface area (Å²) in [6.45, 7) is 0.570. The van der Waals surface area contributed by atoms with Gasteiger partial charge in [0.1, 0.15) is 0 Å². The predicted molar refractivity (Wildman–Crippen MR) is 127 cm³/mol. The van der Waals surface area contributed by atoms with Crippen molar-refractivity contribution < 1.29 is 22.7 Å². The Morgan fingerprint density at radius 3 is 2.34 bits per heavy atom. The van der Waals surface area contributed by atoms with E-state index in [1.165, 1.54) is 10.6 Å². The van der Waals surface area contributed by atoms with Gasteiger partial charge in [0, 0.05) is 19.5 Å². The predicted octanol–water partition coefficient (Wildman–Crippen LogP) is 3.72. The molecule has 0 radical (unpaired) electrons. The summed E-state index contributed by atoms with van der Waals surface area (Å²) >= 11 is 0. The molecule has 0 aliphatic carbocycles. The summed E-state index contributed by atoms with van der Waals surface area (Å²) < 4.78 is 36.6. The third-order valence-corrected chi connectivity index (χ3v) is 6.32. The fourth-order valence-corrected chi connectivity index (χ4v) is 4.44. The molecular formula is C24H28N2O5S. The second-order valence-electron chi connectivity index (χ2n) is 7.44. The molecule has 3 aromatic rings. The summed E-state index contributed by atoms with van der Waals surface area (Å²) in [6.07, 6.45) is 1.80. The molecule has 0 fully saturated rings. The van der Waals surface area contributed by atoms with Crippen LogP contribution in [0.5, 0.6) is 11.5 Å². The third-order valence-electron chi connectivity index (χ3n) is 5.12. The van der Waals surface area contributed by atoms with Crippen molar-refractivity contribution >= 4 is 32.4 Å². The van der Waals surface area contributed by atoms with Gasteiger partial charge in [0.2, 0.25) is 15.9 Å². The molecule has 8 heteroatoms. The molecule has 170 valence electrons. The quantitative estimate of drug-likeness (QED) is 0.503. The minimum Gasteiger partial charge on any atom is -0.493 e. The molecule has 0 atom stereocenters. The first kappa shape index (κ1) is 23.4. The molecule has 1 amide bonds. The molecule has 1 N–H and O–H groups in total. The lowest BCUT2D eigenvalue weighted by Gasteiger charge is -2.22. The van der Waals surface area contributed by atoms with Crippen LogP contribution in [0.4, 0.5) is 5.69 Å². The molecule has 3 rings (SSSR count). The van der Waals surface area contributed by atoms with Crippen molar-refractivity contribution in [2.24, 2.45) is 0 Å². The van der Waals surface area contributed by atoms with Crippen LogP contribution >= 0.6 is 0 Å². The SMILES string of the molecule is COc1ccc(CNC(=O)CCCN(c2ccc3ccccc3c2)S(C)(=O)=O)cc1OC. The van der Waals surface area contributed by atoms with E-state index in [0.717, 1.165) is 16.3 Å². The number of sulfonamides is 1. The average Bonchev–Trinajstić information content (AvgIpc) is 2.79. The Morgan fingerprint density at radius 2 is 1.66 bits per heavy atom. The number of fused-ring (bicyclic) bond motifs is 1. The van der Waals surface area contributed by atoms with Gasteiger partial charge in [0.15, 0.2) is 11.5 Å². The van der Waals surface area contributed by atoms with E-state index in [1.54, 1.807) is 26.4 Å². The lowest BCUT2D eigenvalue weighted by Crippen LogP contribution is -2.32. The standard InChI is InChI=1S/C24H28N2O5S/c1-30-22-13-10-18(15-23(22)31-2)17-25-24(27)9-6-14-26(32(3,28)29)21-12-11-19-7-4-5-8-20(19)16-21/h4-5,7-8,10-13,15-16H,6,9,14,17H2,1-3H3,(H,25,27). The van der Waals surface area contributed by atoms with Gasteiger partial charge in [0.25, 0.3) is 0 Å². The Bertz CT molecular complexity index is 1190. The van der Waals surface area contributed by atoms with Gasteiger partial charge in [-0.05, 0) is 47.0 Å². The van der Waals surface area contributed by atoms with E-state index in [4.69, 9.17) is 9.47 Å². The van der Waals surface area contributed by atoms with Crippen LogP contribution < -0.4 is 19.1 Å². The van der Waals surface area contributed by atoms with E-state index >= 15 is 0 Å². The van der Waals surface area contributed by atoms with Gasteiger partial charge in [-0.1, -0.05) is 36.4 Å². The molecule has 0 unspecified atom stereocenters. The summed E-state index contributed by atoms with van der Waals surface area (Å²) in [7, 11) is -0.353. The minimum absolute atomic E-state index is 0.147. The number of carbonyl (C=O) groups excluding carboxylic acids is 1. The third kappa shape index (κ3) is 5.91. The van der Waals surface area contributed by atoms with E-state index in [0.29, 0.717) is 30.2 Å². The van der Waals surface area contributed by atoms with E-state index in [1.807, 2.05) is 48.5 Å². The molecule has 32 heavy (non-hydrogen) atoms. The van der Waals surface area contributed by atoms with Gasteiger partial charge in [-0.3, -0.25) is 9.10 Å². The van der Waals surface area contributed by atoms with Crippen LogP contribution in [0, 0.1) is 0 Å². The van der Waals surface area contributed by atoms with Crippen molar-refractivity contribution in [2.75, 3.05) is 31.3 Å². The molecule has 0 aromatic heterocycles. The van der Waals surface area contributed by atoms with Crippen LogP contribution in [0.3, 0.4) is 0 Å². The normalized spacial score (nSPS) is 11.2. The number of carbonyl (C=O) groups is 1. The van der Waals surface area contributed by atoms with Crippen LogP contribution in [0.25, 0.3) is 10.8 Å². The average molecular weight is 457 g/mol. The van der Waals surface area contributed by atoms with Crippen LogP contribution in [-0.4, -0.2) is 41.3 Å². The number of methoxy groups -OCH3 is 2. The molecule has 0 spiro atoms. The smallest absolute Gasteiger partial charge is 0.232 e. The Balaban J connectivity index is 1.58. The second kappa shape index (κ2) is 10.4. The monoisotopic (exact) mass is 456 g/mol. The number of anilines is 1. The van der Waals surface area contributed by atoms with Crippen LogP contribution in [0.15, 0.2) is 60.7 Å². The zero-order valence-electron chi connectivity index (χ0n) is 18.5. The van der Waals surface area contributed by atoms with Crippen molar-refractivity contribution in [1.29, 1.82) is 0 Å². The number of hydrogen-bond donors (Lipinski definition) is 1. The largest absolute Gasteiger partial charge is 0.493 e. The maximum atomic E-state index is 12.4. The number of rotatable bonds is 10. The molecule has 0 saturated carbocycles. The first-order valence-electron chi connectivity index (χ1n) is 10.3. The summed E-state index contributed by atoms with van der Waals surface area (Å²) in [5.41, 5.74) is 1.47. The Labute approximate surface area is 189 Å². The van der Waals surface area contributed by atoms with Crippen molar-refractivity contribution in [3.05, 3.63) is 66.2 Å². The van der Waals surface area contributed by atoms with Crippen molar-refractivity contribution in [3.63, 3.8) is 0 Å². The van der Waals surface area contributed by atoms with Gasteiger partial charge in [0.05, 0.1) is 26.2 Å². The van der Waals surface area contributed by atoms with E-state index in [2.05, 4.69) is 5.32 Å². The fraction of sp³-hybridized carbons (Fsp3) is 0.292. The highest BCUT2D eigenvalue weighted by atomic mass is 32.2. The first-order valence-corrected chi connectivity index (χ1v) is 12.1. The number of nitrogens with zero attached hydrogens (tertiary/aromatic N) is 1. The van der Waals surface area contributed by atoms with Crippen LogP contribution in [-0.2, 0) is 21.4 Å². The van der Waals surface area contributed by atoms with Crippen molar-refractivity contribution in [3.8, 4) is 11.5 Å². The molecule has 0 saturated heterocycles. The van der Waals surface area contributed by atoms with Crippen molar-refractivity contribution in [2.45, 2.75) is 19.4 Å². The number of ether oxygens (including phenoxy) is 2. The molecule has 0 aliphatic rings. The first-order chi connectivity index (χ1) is 15.3. The van der Waals surface area contributed by atoms with E-state index < -0.39 is 10.0 Å². The molecule has 3 aromatic carbocycles. The highest BCUT2D eigenvalue weighted by Crippen LogP contribution is 2.27. The summed E-state index contributed by atoms with van der Waals surface area (Å²) in [5, 5.41) is 4.87. The van der Waals surface area contributed by atoms with Gasteiger partial charge in [-0.25, -0.2) is 8.42 Å². The van der Waals surface area contributed by atoms with Crippen LogP contribution in [0.1, 0.15) is 18.4 Å². The molecule has 0 heterocycles. The Morgan fingerprint density at radius 1 is 0.938 bits per heavy atom. The number of hydrogen-bond acceptors (Lipinski definition) is 5. The highest BCUT2D eigenvalue weighted by molar-refractivity contribution is 7.92. The number of nitrogens with one attached hydrogen (secondary N) is 1. The lowest BCUT2D eigenvalue weighted by molar-refractivity contribution is -0.121. The summed E-state index contributed by atoms with van der Waals surface area (Å²) in [4.78, 5) is 12.3. The summed E-state index contributed by atoms with van der Waals surface area (Å²) in [6, 6.07) is 18.8. The molecule has 7 nitrogen and oxygen atoms in total. The van der Waals surface area contributed by atoms with Crippen molar-refractivity contribution in [1.82, 2.24) is 5.32 Å². The van der Waals surface area contributed by atoms with Gasteiger partial charge < -0.3 is 14.8 Å². The minimum atomic E-state index is -3.48. The topological polar surface area (TPSA) is 84.9 Å². The molecule has 0 aliphatic heterocycles. The summed E-state index contributed by atoms with van der Waals surface area (Å²) in [5.74, 6) is 1.07. The highest BCUT2D eigenvalue weighted by Gasteiger charge is 2.18.